The third-order valence-corrected chi connectivity index (χ3v) is 7.83. The highest BCUT2D eigenvalue weighted by molar-refractivity contribution is 5.90. The number of aromatic hydroxyl groups is 2. The van der Waals surface area contributed by atoms with Crippen molar-refractivity contribution in [2.75, 3.05) is 0 Å². The van der Waals surface area contributed by atoms with Gasteiger partial charge in [0.25, 0.3) is 0 Å². The van der Waals surface area contributed by atoms with Crippen LogP contribution in [0.2, 0.25) is 0 Å². The van der Waals surface area contributed by atoms with E-state index in [2.05, 4.69) is 18.7 Å². The third-order valence-electron chi connectivity index (χ3n) is 7.83. The lowest BCUT2D eigenvalue weighted by atomic mass is 9.72. The van der Waals surface area contributed by atoms with E-state index in [9.17, 15) is 15.0 Å². The first-order valence-corrected chi connectivity index (χ1v) is 10.3. The van der Waals surface area contributed by atoms with Gasteiger partial charge in [-0.25, -0.2) is 4.79 Å². The number of hydrogen-bond acceptors (Lipinski definition) is 4. The standard InChI is InChI=1S/C24H23NO4/c1-3-29-24(28)14-5-4-11(2)17(9-14)25-22(26)20-15-10-16(21(20)23(25)27)19-13-7-6-12(8-13)18(15)19/h3-7,9,12-13,15-16,18-19,26-27H,1,8,10H2,2H3. The van der Waals surface area contributed by atoms with Crippen LogP contribution in [0.3, 0.4) is 0 Å². The molecule has 6 atom stereocenters. The highest BCUT2D eigenvalue weighted by Crippen LogP contribution is 2.72. The topological polar surface area (TPSA) is 71.7 Å². The van der Waals surface area contributed by atoms with Gasteiger partial charge in [0, 0.05) is 11.1 Å². The Bertz CT molecular complexity index is 1060. The molecule has 6 rings (SSSR count). The monoisotopic (exact) mass is 389 g/mol. The van der Waals surface area contributed by atoms with Crippen LogP contribution in [0.1, 0.15) is 51.7 Å². The SMILES string of the molecule is C=COC(=O)c1ccc(C)c(-n2c(O)c3c(c2O)C2CC3C3C4C=CC(C4)C23)c1. The van der Waals surface area contributed by atoms with Gasteiger partial charge in [-0.3, -0.25) is 4.57 Å². The second-order valence-corrected chi connectivity index (χ2v) is 8.93. The lowest BCUT2D eigenvalue weighted by molar-refractivity contribution is 0.0664. The van der Waals surface area contributed by atoms with E-state index in [4.69, 9.17) is 4.74 Å². The average molecular weight is 389 g/mol. The number of fused-ring (bicyclic) bond motifs is 12. The van der Waals surface area contributed by atoms with Gasteiger partial charge in [-0.05, 0) is 73.0 Å². The number of aryl methyl sites for hydroxylation is 1. The predicted molar refractivity (Wildman–Crippen MR) is 107 cm³/mol. The van der Waals surface area contributed by atoms with Gasteiger partial charge in [0.2, 0.25) is 11.8 Å². The number of benzene rings is 1. The number of carbonyl (C=O) groups is 1. The summed E-state index contributed by atoms with van der Waals surface area (Å²) < 4.78 is 6.40. The summed E-state index contributed by atoms with van der Waals surface area (Å²) in [6, 6.07) is 5.13. The second-order valence-electron chi connectivity index (χ2n) is 8.93. The van der Waals surface area contributed by atoms with E-state index >= 15 is 0 Å². The fraction of sp³-hybridized carbons (Fsp3) is 0.375. The number of hydrogen-bond donors (Lipinski definition) is 2. The van der Waals surface area contributed by atoms with Gasteiger partial charge >= 0.3 is 5.97 Å². The van der Waals surface area contributed by atoms with Crippen LogP contribution in [0, 0.1) is 30.6 Å². The van der Waals surface area contributed by atoms with Gasteiger partial charge in [-0.15, -0.1) is 0 Å². The van der Waals surface area contributed by atoms with Gasteiger partial charge in [0.05, 0.1) is 17.5 Å². The third kappa shape index (κ3) is 1.98. The Hall–Kier alpha value is -2.95. The average Bonchev–Trinajstić information content (AvgIpc) is 3.49. The molecule has 4 aliphatic carbocycles. The molecule has 148 valence electrons. The summed E-state index contributed by atoms with van der Waals surface area (Å²) in [6.07, 6.45) is 8.07. The Balaban J connectivity index is 1.49. The fourth-order valence-electron chi connectivity index (χ4n) is 6.90. The molecule has 4 aliphatic rings. The number of aromatic nitrogens is 1. The fourth-order valence-corrected chi connectivity index (χ4v) is 6.90. The highest BCUT2D eigenvalue weighted by Gasteiger charge is 2.62. The van der Waals surface area contributed by atoms with E-state index < -0.39 is 5.97 Å². The van der Waals surface area contributed by atoms with E-state index in [1.807, 2.05) is 6.92 Å². The minimum atomic E-state index is -0.517. The van der Waals surface area contributed by atoms with Crippen LogP contribution in [-0.4, -0.2) is 20.7 Å². The Morgan fingerprint density at radius 3 is 2.31 bits per heavy atom. The number of esters is 1. The molecule has 0 saturated heterocycles. The molecule has 1 heterocycles. The molecule has 0 amide bonds. The van der Waals surface area contributed by atoms with E-state index in [-0.39, 0.29) is 11.8 Å². The normalized spacial score (nSPS) is 32.4. The molecular weight excluding hydrogens is 366 g/mol. The Kier molecular flexibility index (Phi) is 3.25. The molecule has 2 aromatic rings. The van der Waals surface area contributed by atoms with Gasteiger partial charge in [0.1, 0.15) is 0 Å². The molecule has 1 aromatic carbocycles. The van der Waals surface area contributed by atoms with Crippen LogP contribution >= 0.6 is 0 Å². The van der Waals surface area contributed by atoms with E-state index in [0.29, 0.717) is 46.8 Å². The Morgan fingerprint density at radius 2 is 1.72 bits per heavy atom. The summed E-state index contributed by atoms with van der Waals surface area (Å²) in [5.41, 5.74) is 3.65. The molecule has 4 bridgehead atoms. The zero-order chi connectivity index (χ0) is 20.0. The number of ether oxygens (including phenoxy) is 1. The maximum Gasteiger partial charge on any atom is 0.342 e. The summed E-state index contributed by atoms with van der Waals surface area (Å²) in [7, 11) is 0. The van der Waals surface area contributed by atoms with Crippen LogP contribution in [0.25, 0.3) is 5.69 Å². The molecule has 0 radical (unpaired) electrons. The molecular formula is C24H23NO4. The molecule has 5 heteroatoms. The first-order chi connectivity index (χ1) is 14.0. The van der Waals surface area contributed by atoms with Crippen LogP contribution in [0.15, 0.2) is 43.2 Å². The molecule has 2 fully saturated rings. The minimum Gasteiger partial charge on any atom is -0.494 e. The molecule has 1 aromatic heterocycles. The van der Waals surface area contributed by atoms with Crippen molar-refractivity contribution in [2.24, 2.45) is 23.7 Å². The van der Waals surface area contributed by atoms with Crippen molar-refractivity contribution in [3.63, 3.8) is 0 Å². The summed E-state index contributed by atoms with van der Waals surface area (Å²) in [5, 5.41) is 22.4. The van der Waals surface area contributed by atoms with Crippen molar-refractivity contribution in [1.29, 1.82) is 0 Å². The Morgan fingerprint density at radius 1 is 1.10 bits per heavy atom. The Labute approximate surface area is 168 Å². The number of allylic oxidation sites excluding steroid dienone is 2. The van der Waals surface area contributed by atoms with Crippen LogP contribution in [0.4, 0.5) is 0 Å². The van der Waals surface area contributed by atoms with Crippen molar-refractivity contribution in [3.8, 4) is 17.4 Å². The number of nitrogens with zero attached hydrogens (tertiary/aromatic N) is 1. The number of carbonyl (C=O) groups excluding carboxylic acids is 1. The maximum atomic E-state index is 12.1. The molecule has 0 aliphatic heterocycles. The first-order valence-electron chi connectivity index (χ1n) is 10.3. The molecule has 29 heavy (non-hydrogen) atoms. The lowest BCUT2D eigenvalue weighted by Gasteiger charge is -2.31. The van der Waals surface area contributed by atoms with Crippen molar-refractivity contribution >= 4 is 5.97 Å². The zero-order valence-electron chi connectivity index (χ0n) is 16.2. The smallest absolute Gasteiger partial charge is 0.342 e. The van der Waals surface area contributed by atoms with Gasteiger partial charge < -0.3 is 14.9 Å². The van der Waals surface area contributed by atoms with Crippen molar-refractivity contribution in [1.82, 2.24) is 4.57 Å². The van der Waals surface area contributed by atoms with Gasteiger partial charge in [-0.1, -0.05) is 24.8 Å². The lowest BCUT2D eigenvalue weighted by Crippen LogP contribution is -2.24. The molecule has 2 saturated carbocycles. The summed E-state index contributed by atoms with van der Waals surface area (Å²) in [6.45, 7) is 5.32. The maximum absolute atomic E-state index is 12.1. The molecule has 6 unspecified atom stereocenters. The van der Waals surface area contributed by atoms with Crippen LogP contribution in [-0.2, 0) is 4.74 Å². The second kappa shape index (κ2) is 5.56. The van der Waals surface area contributed by atoms with Gasteiger partial charge in [0.15, 0.2) is 0 Å². The van der Waals surface area contributed by atoms with E-state index in [0.717, 1.165) is 29.4 Å². The van der Waals surface area contributed by atoms with Gasteiger partial charge in [-0.2, -0.15) is 0 Å². The quantitative estimate of drug-likeness (QED) is 0.350. The number of rotatable bonds is 3. The summed E-state index contributed by atoms with van der Waals surface area (Å²) >= 11 is 0. The minimum absolute atomic E-state index is 0.118. The van der Waals surface area contributed by atoms with E-state index in [1.165, 1.54) is 11.0 Å². The van der Waals surface area contributed by atoms with Crippen LogP contribution in [0.5, 0.6) is 11.8 Å². The van der Waals surface area contributed by atoms with Crippen molar-refractivity contribution < 1.29 is 19.7 Å². The molecule has 2 N–H and O–H groups in total. The zero-order valence-corrected chi connectivity index (χ0v) is 16.2. The molecule has 5 nitrogen and oxygen atoms in total. The highest BCUT2D eigenvalue weighted by atomic mass is 16.5. The molecule has 0 spiro atoms. The largest absolute Gasteiger partial charge is 0.494 e. The summed E-state index contributed by atoms with van der Waals surface area (Å²) in [4.78, 5) is 12.1. The van der Waals surface area contributed by atoms with Crippen molar-refractivity contribution in [3.05, 3.63) is 65.4 Å². The van der Waals surface area contributed by atoms with Crippen molar-refractivity contribution in [2.45, 2.75) is 31.6 Å². The predicted octanol–water partition coefficient (Wildman–Crippen LogP) is 4.52. The first kappa shape index (κ1) is 17.0. The van der Waals surface area contributed by atoms with Crippen LogP contribution < -0.4 is 0 Å². The van der Waals surface area contributed by atoms with E-state index in [1.54, 1.807) is 18.2 Å². The summed E-state index contributed by atoms with van der Waals surface area (Å²) in [5.74, 6) is 2.71.